The summed E-state index contributed by atoms with van der Waals surface area (Å²) in [4.78, 5) is 4.22. The number of nitrogens with zero attached hydrogens (tertiary/aromatic N) is 1. The van der Waals surface area contributed by atoms with Crippen molar-refractivity contribution in [1.29, 1.82) is 0 Å². The van der Waals surface area contributed by atoms with Crippen molar-refractivity contribution in [3.05, 3.63) is 18.3 Å². The Morgan fingerprint density at radius 3 is 2.75 bits per heavy atom. The van der Waals surface area contributed by atoms with Crippen molar-refractivity contribution in [2.75, 3.05) is 32.7 Å². The Kier molecular flexibility index (Phi) is 5.60. The maximum absolute atomic E-state index is 5.52. The lowest BCUT2D eigenvalue weighted by Crippen LogP contribution is -2.28. The number of hydrogen-bond acceptors (Lipinski definition) is 5. The van der Waals surface area contributed by atoms with E-state index in [0.717, 1.165) is 18.0 Å². The zero-order valence-electron chi connectivity index (χ0n) is 9.77. The molecule has 0 spiro atoms. The van der Waals surface area contributed by atoms with Crippen LogP contribution in [0.3, 0.4) is 0 Å². The summed E-state index contributed by atoms with van der Waals surface area (Å²) >= 11 is 0. The van der Waals surface area contributed by atoms with E-state index in [1.54, 1.807) is 20.4 Å². The highest BCUT2D eigenvalue weighted by Gasteiger charge is 2.07. The fraction of sp³-hybridized carbons (Fsp3) is 0.545. The van der Waals surface area contributed by atoms with Crippen molar-refractivity contribution in [3.8, 4) is 5.75 Å². The van der Waals surface area contributed by atoms with Crippen molar-refractivity contribution < 1.29 is 9.47 Å². The normalized spacial score (nSPS) is 12.2. The van der Waals surface area contributed by atoms with E-state index in [0.29, 0.717) is 13.2 Å². The van der Waals surface area contributed by atoms with E-state index < -0.39 is 0 Å². The van der Waals surface area contributed by atoms with Crippen molar-refractivity contribution in [2.24, 2.45) is 5.73 Å². The zero-order valence-corrected chi connectivity index (χ0v) is 9.77. The third kappa shape index (κ3) is 4.04. The van der Waals surface area contributed by atoms with E-state index in [9.17, 15) is 0 Å². The minimum Gasteiger partial charge on any atom is -0.495 e. The first-order valence-electron chi connectivity index (χ1n) is 5.25. The van der Waals surface area contributed by atoms with Crippen LogP contribution >= 0.6 is 0 Å². The highest BCUT2D eigenvalue weighted by Crippen LogP contribution is 2.12. The Morgan fingerprint density at radius 1 is 1.44 bits per heavy atom. The van der Waals surface area contributed by atoms with E-state index in [1.165, 1.54) is 0 Å². The van der Waals surface area contributed by atoms with Gasteiger partial charge in [0.05, 0.1) is 26.0 Å². The summed E-state index contributed by atoms with van der Waals surface area (Å²) in [6.45, 7) is 1.24. The Labute approximate surface area is 96.0 Å². The Morgan fingerprint density at radius 2 is 2.25 bits per heavy atom. The van der Waals surface area contributed by atoms with Gasteiger partial charge in [-0.25, -0.2) is 4.98 Å². The van der Waals surface area contributed by atoms with Crippen LogP contribution in [0.2, 0.25) is 0 Å². The Hall–Kier alpha value is -1.33. The average Bonchev–Trinajstić information content (AvgIpc) is 2.31. The first-order chi connectivity index (χ1) is 7.80. The van der Waals surface area contributed by atoms with Gasteiger partial charge in [-0.05, 0) is 25.1 Å². The van der Waals surface area contributed by atoms with E-state index >= 15 is 0 Å². The third-order valence-electron chi connectivity index (χ3n) is 2.21. The van der Waals surface area contributed by atoms with E-state index in [4.69, 9.17) is 15.2 Å². The molecule has 0 aliphatic carbocycles. The van der Waals surface area contributed by atoms with Crippen LogP contribution in [0.15, 0.2) is 18.3 Å². The monoisotopic (exact) mass is 225 g/mol. The first kappa shape index (κ1) is 12.7. The number of nitrogens with two attached hydrogens (primary N) is 1. The molecule has 1 unspecified atom stereocenters. The molecular weight excluding hydrogens is 206 g/mol. The molecule has 1 aromatic rings. The first-order valence-corrected chi connectivity index (χ1v) is 5.25. The van der Waals surface area contributed by atoms with E-state index in [2.05, 4.69) is 10.3 Å². The molecule has 0 saturated heterocycles. The molecule has 0 fully saturated rings. The van der Waals surface area contributed by atoms with Gasteiger partial charge in [0.1, 0.15) is 11.6 Å². The standard InChI is InChI=1S/C11H19N3O2/c1-15-8-9(5-6-12)14-11-4-3-10(16-2)7-13-11/h3-4,7,9H,5-6,8,12H2,1-2H3,(H,13,14). The van der Waals surface area contributed by atoms with Crippen LogP contribution in [0.1, 0.15) is 6.42 Å². The molecule has 5 heteroatoms. The highest BCUT2D eigenvalue weighted by molar-refractivity contribution is 5.38. The fourth-order valence-corrected chi connectivity index (χ4v) is 1.40. The molecule has 0 radical (unpaired) electrons. The van der Waals surface area contributed by atoms with Crippen LogP contribution < -0.4 is 15.8 Å². The lowest BCUT2D eigenvalue weighted by Gasteiger charge is -2.17. The Bertz CT molecular complexity index is 284. The predicted molar refractivity (Wildman–Crippen MR) is 63.7 cm³/mol. The summed E-state index contributed by atoms with van der Waals surface area (Å²) in [6, 6.07) is 3.93. The summed E-state index contributed by atoms with van der Waals surface area (Å²) in [6.07, 6.45) is 2.52. The number of nitrogens with one attached hydrogen (secondary N) is 1. The SMILES string of the molecule is COCC(CCN)Nc1ccc(OC)cn1. The molecule has 3 N–H and O–H groups in total. The van der Waals surface area contributed by atoms with Crippen molar-refractivity contribution in [2.45, 2.75) is 12.5 Å². The molecule has 1 aromatic heterocycles. The van der Waals surface area contributed by atoms with Crippen LogP contribution in [0.25, 0.3) is 0 Å². The third-order valence-corrected chi connectivity index (χ3v) is 2.21. The largest absolute Gasteiger partial charge is 0.495 e. The molecule has 0 saturated carbocycles. The molecule has 1 heterocycles. The topological polar surface area (TPSA) is 69.4 Å². The number of anilines is 1. The molecule has 90 valence electrons. The second kappa shape index (κ2) is 7.03. The van der Waals surface area contributed by atoms with Crippen LogP contribution in [-0.2, 0) is 4.74 Å². The molecule has 0 aliphatic heterocycles. The van der Waals surface area contributed by atoms with Gasteiger partial charge in [0.25, 0.3) is 0 Å². The molecule has 16 heavy (non-hydrogen) atoms. The zero-order chi connectivity index (χ0) is 11.8. The smallest absolute Gasteiger partial charge is 0.137 e. The number of aromatic nitrogens is 1. The lowest BCUT2D eigenvalue weighted by molar-refractivity contribution is 0.183. The number of methoxy groups -OCH3 is 2. The average molecular weight is 225 g/mol. The second-order valence-corrected chi connectivity index (χ2v) is 3.46. The minimum atomic E-state index is 0.191. The van der Waals surface area contributed by atoms with Gasteiger partial charge in [0.15, 0.2) is 0 Å². The minimum absolute atomic E-state index is 0.191. The summed E-state index contributed by atoms with van der Waals surface area (Å²) in [5.74, 6) is 1.55. The van der Waals surface area contributed by atoms with Crippen LogP contribution in [0.5, 0.6) is 5.75 Å². The fourth-order valence-electron chi connectivity index (χ4n) is 1.40. The summed E-state index contributed by atoms with van der Waals surface area (Å²) in [7, 11) is 3.29. The van der Waals surface area contributed by atoms with E-state index in [-0.39, 0.29) is 6.04 Å². The van der Waals surface area contributed by atoms with Crippen LogP contribution in [0.4, 0.5) is 5.82 Å². The van der Waals surface area contributed by atoms with Gasteiger partial charge in [-0.15, -0.1) is 0 Å². The van der Waals surface area contributed by atoms with Crippen molar-refractivity contribution >= 4 is 5.82 Å². The molecule has 0 amide bonds. The van der Waals surface area contributed by atoms with Crippen LogP contribution in [-0.4, -0.2) is 38.4 Å². The van der Waals surface area contributed by atoms with E-state index in [1.807, 2.05) is 12.1 Å². The molecule has 1 rings (SSSR count). The molecule has 0 aliphatic rings. The lowest BCUT2D eigenvalue weighted by atomic mass is 10.2. The summed E-state index contributed by atoms with van der Waals surface area (Å²) in [5, 5.41) is 3.26. The number of hydrogen-bond donors (Lipinski definition) is 2. The quantitative estimate of drug-likeness (QED) is 0.720. The maximum Gasteiger partial charge on any atom is 0.137 e. The summed E-state index contributed by atoms with van der Waals surface area (Å²) < 4.78 is 10.1. The Balaban J connectivity index is 2.54. The predicted octanol–water partition coefficient (Wildman–Crippen LogP) is 0.866. The van der Waals surface area contributed by atoms with Crippen molar-refractivity contribution in [1.82, 2.24) is 4.98 Å². The number of pyridine rings is 1. The number of rotatable bonds is 7. The van der Waals surface area contributed by atoms with Gasteiger partial charge in [-0.3, -0.25) is 0 Å². The number of ether oxygens (including phenoxy) is 2. The highest BCUT2D eigenvalue weighted by atomic mass is 16.5. The van der Waals surface area contributed by atoms with Crippen LogP contribution in [0, 0.1) is 0 Å². The van der Waals surface area contributed by atoms with Gasteiger partial charge in [0.2, 0.25) is 0 Å². The molecule has 1 atom stereocenters. The molecule has 0 aromatic carbocycles. The molecule has 0 bridgehead atoms. The molecular formula is C11H19N3O2. The van der Waals surface area contributed by atoms with Crippen molar-refractivity contribution in [3.63, 3.8) is 0 Å². The van der Waals surface area contributed by atoms with Gasteiger partial charge < -0.3 is 20.5 Å². The summed E-state index contributed by atoms with van der Waals surface area (Å²) in [5.41, 5.74) is 5.52. The van der Waals surface area contributed by atoms with Gasteiger partial charge in [0, 0.05) is 7.11 Å². The second-order valence-electron chi connectivity index (χ2n) is 3.46. The van der Waals surface area contributed by atoms with Gasteiger partial charge >= 0.3 is 0 Å². The maximum atomic E-state index is 5.52. The molecule has 5 nitrogen and oxygen atoms in total. The van der Waals surface area contributed by atoms with Gasteiger partial charge in [-0.2, -0.15) is 0 Å². The van der Waals surface area contributed by atoms with Gasteiger partial charge in [-0.1, -0.05) is 0 Å².